The molecule has 1 atom stereocenters. The third kappa shape index (κ3) is 2.89. The highest BCUT2D eigenvalue weighted by Gasteiger charge is 2.51. The summed E-state index contributed by atoms with van der Waals surface area (Å²) in [5, 5.41) is 2.12. The number of ether oxygens (including phenoxy) is 1. The minimum Gasteiger partial charge on any atom is -1.00 e. The standard InChI is InChI=1S/C11H19NO2.2ClH/c1-9(13)11(12-7-8-14-11)10-5-3-2-4-6-10;;/h10,12H,2-8H2,1H3;2*1H/p-1. The van der Waals surface area contributed by atoms with E-state index in [2.05, 4.69) is 5.32 Å². The lowest BCUT2D eigenvalue weighted by Crippen LogP contribution is -3.00. The van der Waals surface area contributed by atoms with Gasteiger partial charge in [-0.1, -0.05) is 19.3 Å². The van der Waals surface area contributed by atoms with Gasteiger partial charge < -0.3 is 34.9 Å². The third-order valence-electron chi connectivity index (χ3n) is 3.67. The second-order valence-electron chi connectivity index (χ2n) is 4.53. The molecule has 16 heavy (non-hydrogen) atoms. The van der Waals surface area contributed by atoms with Crippen LogP contribution in [0.3, 0.4) is 0 Å². The summed E-state index contributed by atoms with van der Waals surface area (Å²) in [4.78, 5) is 11.7. The monoisotopic (exact) mass is 268 g/mol. The van der Waals surface area contributed by atoms with Gasteiger partial charge in [0.1, 0.15) is 13.2 Å². The molecule has 1 saturated heterocycles. The molecule has 3 nitrogen and oxygen atoms in total. The van der Waals surface area contributed by atoms with Crippen LogP contribution in [0, 0.1) is 5.92 Å². The van der Waals surface area contributed by atoms with E-state index in [-0.39, 0.29) is 30.6 Å². The number of halogens is 2. The van der Waals surface area contributed by atoms with E-state index < -0.39 is 5.72 Å². The SMILES string of the molecule is CC(=O)C1(C2CCCCC2)[NH2+]CCO1.[Cl-].[Cl-]. The summed E-state index contributed by atoms with van der Waals surface area (Å²) in [6.45, 7) is 3.35. The van der Waals surface area contributed by atoms with Crippen LogP contribution in [0.2, 0.25) is 0 Å². The fourth-order valence-electron chi connectivity index (χ4n) is 2.91. The molecular formula is C11H20Cl2NO2-. The third-order valence-corrected chi connectivity index (χ3v) is 3.67. The molecule has 96 valence electrons. The van der Waals surface area contributed by atoms with Crippen LogP contribution in [0.15, 0.2) is 0 Å². The summed E-state index contributed by atoms with van der Waals surface area (Å²) >= 11 is 0. The van der Waals surface area contributed by atoms with Gasteiger partial charge in [-0.2, -0.15) is 0 Å². The number of quaternary nitrogens is 1. The largest absolute Gasteiger partial charge is 1.00 e. The molecule has 0 amide bonds. The minimum absolute atomic E-state index is 0. The van der Waals surface area contributed by atoms with Crippen molar-refractivity contribution in [1.82, 2.24) is 0 Å². The van der Waals surface area contributed by atoms with Crippen LogP contribution in [0.5, 0.6) is 0 Å². The van der Waals surface area contributed by atoms with Crippen LogP contribution < -0.4 is 30.1 Å². The molecule has 1 aliphatic heterocycles. The molecule has 2 N–H and O–H groups in total. The van der Waals surface area contributed by atoms with E-state index in [0.29, 0.717) is 5.92 Å². The molecule has 0 aromatic carbocycles. The Morgan fingerprint density at radius 1 is 1.25 bits per heavy atom. The van der Waals surface area contributed by atoms with Gasteiger partial charge in [0.05, 0.1) is 0 Å². The van der Waals surface area contributed by atoms with E-state index in [1.165, 1.54) is 19.3 Å². The van der Waals surface area contributed by atoms with E-state index in [0.717, 1.165) is 26.0 Å². The molecule has 1 heterocycles. The van der Waals surface area contributed by atoms with Crippen LogP contribution >= 0.6 is 0 Å². The van der Waals surface area contributed by atoms with Crippen molar-refractivity contribution in [2.24, 2.45) is 5.92 Å². The first kappa shape index (κ1) is 16.2. The second kappa shape index (κ2) is 6.80. The summed E-state index contributed by atoms with van der Waals surface area (Å²) in [6, 6.07) is 0. The lowest BCUT2D eigenvalue weighted by molar-refractivity contribution is -0.725. The number of rotatable bonds is 2. The molecule has 0 aromatic rings. The van der Waals surface area contributed by atoms with Gasteiger partial charge in [0.2, 0.25) is 5.78 Å². The van der Waals surface area contributed by atoms with Crippen LogP contribution in [-0.2, 0) is 9.53 Å². The quantitative estimate of drug-likeness (QED) is 0.543. The van der Waals surface area contributed by atoms with Crippen molar-refractivity contribution in [2.45, 2.75) is 44.8 Å². The summed E-state index contributed by atoms with van der Waals surface area (Å²) in [5.41, 5.74) is -0.500. The van der Waals surface area contributed by atoms with Gasteiger partial charge in [-0.15, -0.1) is 0 Å². The van der Waals surface area contributed by atoms with Crippen LogP contribution in [0.4, 0.5) is 0 Å². The fourth-order valence-corrected chi connectivity index (χ4v) is 2.91. The number of hydrogen-bond donors (Lipinski definition) is 1. The molecule has 0 spiro atoms. The van der Waals surface area contributed by atoms with Crippen molar-refractivity contribution in [2.75, 3.05) is 13.2 Å². The fraction of sp³-hybridized carbons (Fsp3) is 0.909. The van der Waals surface area contributed by atoms with Crippen molar-refractivity contribution < 1.29 is 39.7 Å². The number of Topliss-reactive ketones (excluding diaryl/α,β-unsaturated/α-hetero) is 1. The summed E-state index contributed by atoms with van der Waals surface area (Å²) in [6.07, 6.45) is 6.17. The molecule has 0 radical (unpaired) electrons. The molecule has 2 rings (SSSR count). The van der Waals surface area contributed by atoms with Gasteiger partial charge in [-0.3, -0.25) is 4.79 Å². The molecule has 1 aliphatic carbocycles. The number of nitrogens with two attached hydrogens (primary N) is 1. The van der Waals surface area contributed by atoms with E-state index >= 15 is 0 Å². The highest BCUT2D eigenvalue weighted by molar-refractivity contribution is 5.83. The Kier molecular flexibility index (Phi) is 6.87. The lowest BCUT2D eigenvalue weighted by atomic mass is 9.80. The summed E-state index contributed by atoms with van der Waals surface area (Å²) in [7, 11) is 0. The van der Waals surface area contributed by atoms with E-state index in [1.54, 1.807) is 6.92 Å². The van der Waals surface area contributed by atoms with E-state index in [4.69, 9.17) is 4.74 Å². The first-order valence-electron chi connectivity index (χ1n) is 5.75. The zero-order valence-corrected chi connectivity index (χ0v) is 11.2. The Morgan fingerprint density at radius 3 is 2.31 bits per heavy atom. The topological polar surface area (TPSA) is 42.9 Å². The van der Waals surface area contributed by atoms with Crippen LogP contribution in [-0.4, -0.2) is 24.7 Å². The average molecular weight is 269 g/mol. The zero-order chi connectivity index (χ0) is 10.0. The van der Waals surface area contributed by atoms with Gasteiger partial charge in [-0.05, 0) is 12.8 Å². The molecule has 5 heteroatoms. The Bertz CT molecular complexity index is 224. The predicted octanol–water partition coefficient (Wildman–Crippen LogP) is -5.55. The Labute approximate surface area is 110 Å². The Balaban J connectivity index is 0.00000112. The molecule has 2 aliphatic rings. The first-order valence-corrected chi connectivity index (χ1v) is 5.75. The molecule has 0 aromatic heterocycles. The minimum atomic E-state index is -0.500. The van der Waals surface area contributed by atoms with Crippen molar-refractivity contribution in [3.05, 3.63) is 0 Å². The van der Waals surface area contributed by atoms with Crippen LogP contribution in [0.1, 0.15) is 39.0 Å². The van der Waals surface area contributed by atoms with E-state index in [9.17, 15) is 4.79 Å². The summed E-state index contributed by atoms with van der Waals surface area (Å²) < 4.78 is 5.74. The number of ketones is 1. The maximum absolute atomic E-state index is 11.7. The van der Waals surface area contributed by atoms with Crippen LogP contribution in [0.25, 0.3) is 0 Å². The highest BCUT2D eigenvalue weighted by atomic mass is 35.5. The Morgan fingerprint density at radius 2 is 1.88 bits per heavy atom. The first-order chi connectivity index (χ1) is 6.76. The van der Waals surface area contributed by atoms with E-state index in [1.807, 2.05) is 0 Å². The van der Waals surface area contributed by atoms with Crippen molar-refractivity contribution in [1.29, 1.82) is 0 Å². The second-order valence-corrected chi connectivity index (χ2v) is 4.53. The zero-order valence-electron chi connectivity index (χ0n) is 9.68. The molecule has 0 bridgehead atoms. The highest BCUT2D eigenvalue weighted by Crippen LogP contribution is 2.32. The normalized spacial score (nSPS) is 30.3. The van der Waals surface area contributed by atoms with Crippen molar-refractivity contribution in [3.63, 3.8) is 0 Å². The van der Waals surface area contributed by atoms with Gasteiger partial charge in [0.15, 0.2) is 0 Å². The van der Waals surface area contributed by atoms with Crippen molar-refractivity contribution >= 4 is 5.78 Å². The summed E-state index contributed by atoms with van der Waals surface area (Å²) in [5.74, 6) is 0.665. The Hall–Kier alpha value is 0.170. The average Bonchev–Trinajstić information content (AvgIpc) is 2.69. The molecule has 1 unspecified atom stereocenters. The predicted molar refractivity (Wildman–Crippen MR) is 52.7 cm³/mol. The number of hydrogen-bond acceptors (Lipinski definition) is 2. The van der Waals surface area contributed by atoms with Gasteiger partial charge in [0, 0.05) is 12.8 Å². The number of carbonyl (C=O) groups is 1. The molecular weight excluding hydrogens is 249 g/mol. The molecule has 1 saturated carbocycles. The smallest absolute Gasteiger partial charge is 0.263 e. The van der Waals surface area contributed by atoms with Gasteiger partial charge in [-0.25, -0.2) is 0 Å². The lowest BCUT2D eigenvalue weighted by Gasteiger charge is -2.33. The number of carbonyl (C=O) groups excluding carboxylic acids is 1. The van der Waals surface area contributed by atoms with Gasteiger partial charge in [0.25, 0.3) is 5.72 Å². The maximum atomic E-state index is 11.7. The van der Waals surface area contributed by atoms with Crippen molar-refractivity contribution in [3.8, 4) is 0 Å². The maximum Gasteiger partial charge on any atom is 0.263 e. The van der Waals surface area contributed by atoms with Gasteiger partial charge >= 0.3 is 0 Å². The molecule has 2 fully saturated rings.